The number of imide groups is 1. The zero-order valence-electron chi connectivity index (χ0n) is 14.8. The van der Waals surface area contributed by atoms with Gasteiger partial charge in [0.2, 0.25) is 0 Å². The Morgan fingerprint density at radius 1 is 1.11 bits per heavy atom. The van der Waals surface area contributed by atoms with Gasteiger partial charge >= 0.3 is 5.97 Å². The number of carbonyl (C=O) groups excluding carboxylic acids is 3. The molecular weight excluding hydrogens is 368 g/mol. The van der Waals surface area contributed by atoms with E-state index >= 15 is 0 Å². The second kappa shape index (κ2) is 7.63. The highest BCUT2D eigenvalue weighted by molar-refractivity contribution is 6.53. The Balaban J connectivity index is 1.82. The van der Waals surface area contributed by atoms with E-state index in [-0.39, 0.29) is 17.3 Å². The molecule has 6 nitrogen and oxygen atoms in total. The Labute approximate surface area is 161 Å². The monoisotopic (exact) mass is 384 g/mol. The summed E-state index contributed by atoms with van der Waals surface area (Å²) in [5.41, 5.74) is 2.27. The average molecular weight is 385 g/mol. The Morgan fingerprint density at radius 3 is 2.44 bits per heavy atom. The van der Waals surface area contributed by atoms with Crippen molar-refractivity contribution >= 4 is 40.8 Å². The Kier molecular flexibility index (Phi) is 5.28. The van der Waals surface area contributed by atoms with E-state index < -0.39 is 17.8 Å². The third-order valence-corrected chi connectivity index (χ3v) is 4.30. The minimum absolute atomic E-state index is 0.00735. The molecule has 0 saturated carbocycles. The van der Waals surface area contributed by atoms with Crippen molar-refractivity contribution in [3.8, 4) is 0 Å². The highest BCUT2D eigenvalue weighted by atomic mass is 35.5. The van der Waals surface area contributed by atoms with Gasteiger partial charge in [0.25, 0.3) is 11.8 Å². The van der Waals surface area contributed by atoms with Crippen LogP contribution in [0.2, 0.25) is 0 Å². The second-order valence-electron chi connectivity index (χ2n) is 5.90. The first-order valence-electron chi connectivity index (χ1n) is 8.31. The number of rotatable bonds is 5. The van der Waals surface area contributed by atoms with Crippen molar-refractivity contribution in [3.05, 3.63) is 70.4 Å². The third-order valence-electron chi connectivity index (χ3n) is 3.95. The third kappa shape index (κ3) is 3.71. The molecule has 138 valence electrons. The predicted octanol–water partition coefficient (Wildman–Crippen LogP) is 3.61. The topological polar surface area (TPSA) is 75.7 Å². The largest absolute Gasteiger partial charge is 0.462 e. The maximum atomic E-state index is 12.7. The molecule has 0 aromatic heterocycles. The van der Waals surface area contributed by atoms with Crippen molar-refractivity contribution in [2.45, 2.75) is 13.8 Å². The normalized spacial score (nSPS) is 14.0. The fraction of sp³-hybridized carbons (Fsp3) is 0.150. The lowest BCUT2D eigenvalue weighted by molar-refractivity contribution is -0.120. The van der Waals surface area contributed by atoms with Crippen LogP contribution in [0.3, 0.4) is 0 Å². The molecule has 1 heterocycles. The molecule has 0 fully saturated rings. The van der Waals surface area contributed by atoms with Gasteiger partial charge in [-0.05, 0) is 55.8 Å². The fourth-order valence-corrected chi connectivity index (χ4v) is 2.87. The first kappa shape index (κ1) is 18.7. The summed E-state index contributed by atoms with van der Waals surface area (Å²) >= 11 is 6.11. The van der Waals surface area contributed by atoms with E-state index in [1.165, 1.54) is 0 Å². The molecule has 2 aromatic carbocycles. The van der Waals surface area contributed by atoms with Crippen LogP contribution < -0.4 is 10.2 Å². The number of hydrogen-bond donors (Lipinski definition) is 1. The number of nitrogens with zero attached hydrogens (tertiary/aromatic N) is 1. The molecule has 2 aromatic rings. The molecule has 27 heavy (non-hydrogen) atoms. The number of aryl methyl sites for hydroxylation is 1. The molecule has 1 aliphatic rings. The van der Waals surface area contributed by atoms with Gasteiger partial charge in [-0.25, -0.2) is 9.69 Å². The quantitative estimate of drug-likeness (QED) is 0.629. The second-order valence-corrected chi connectivity index (χ2v) is 6.27. The number of hydrogen-bond acceptors (Lipinski definition) is 5. The lowest BCUT2D eigenvalue weighted by Gasteiger charge is -2.15. The summed E-state index contributed by atoms with van der Waals surface area (Å²) in [6.45, 7) is 3.88. The highest BCUT2D eigenvalue weighted by Crippen LogP contribution is 2.30. The number of ether oxygens (including phenoxy) is 1. The maximum Gasteiger partial charge on any atom is 0.338 e. The number of carbonyl (C=O) groups is 3. The van der Waals surface area contributed by atoms with E-state index in [2.05, 4.69) is 5.32 Å². The van der Waals surface area contributed by atoms with Crippen LogP contribution in [0.25, 0.3) is 0 Å². The van der Waals surface area contributed by atoms with Crippen LogP contribution in [-0.2, 0) is 14.3 Å². The highest BCUT2D eigenvalue weighted by Gasteiger charge is 2.38. The number of benzene rings is 2. The summed E-state index contributed by atoms with van der Waals surface area (Å²) in [6, 6.07) is 13.4. The van der Waals surface area contributed by atoms with Crippen LogP contribution in [0.5, 0.6) is 0 Å². The Morgan fingerprint density at radius 2 is 1.81 bits per heavy atom. The summed E-state index contributed by atoms with van der Waals surface area (Å²) < 4.78 is 4.93. The summed E-state index contributed by atoms with van der Waals surface area (Å²) in [7, 11) is 0. The first-order valence-corrected chi connectivity index (χ1v) is 8.69. The standard InChI is InChI=1S/C20H17ClN2O4/c1-3-27-20(26)13-7-9-14(10-8-13)22-17-16(21)18(24)23(19(17)25)15-6-4-5-12(2)11-15/h4-11,22H,3H2,1-2H3. The zero-order chi connectivity index (χ0) is 19.6. The molecule has 7 heteroatoms. The minimum atomic E-state index is -0.585. The number of halogens is 1. The average Bonchev–Trinajstić information content (AvgIpc) is 2.86. The van der Waals surface area contributed by atoms with Crippen LogP contribution in [0.4, 0.5) is 11.4 Å². The Hall–Kier alpha value is -3.12. The molecule has 3 rings (SSSR count). The van der Waals surface area contributed by atoms with Crippen molar-refractivity contribution < 1.29 is 19.1 Å². The zero-order valence-corrected chi connectivity index (χ0v) is 15.5. The van der Waals surface area contributed by atoms with Crippen molar-refractivity contribution in [2.24, 2.45) is 0 Å². The summed E-state index contributed by atoms with van der Waals surface area (Å²) in [6.07, 6.45) is 0. The predicted molar refractivity (Wildman–Crippen MR) is 103 cm³/mol. The van der Waals surface area contributed by atoms with Crippen LogP contribution in [0.1, 0.15) is 22.8 Å². The summed E-state index contributed by atoms with van der Waals surface area (Å²) in [4.78, 5) is 37.9. The van der Waals surface area contributed by atoms with Crippen molar-refractivity contribution in [3.63, 3.8) is 0 Å². The van der Waals surface area contributed by atoms with E-state index in [1.54, 1.807) is 49.4 Å². The maximum absolute atomic E-state index is 12.7. The SMILES string of the molecule is CCOC(=O)c1ccc(NC2=C(Cl)C(=O)N(c3cccc(C)c3)C2=O)cc1. The van der Waals surface area contributed by atoms with Gasteiger partial charge in [-0.2, -0.15) is 0 Å². The molecule has 0 saturated heterocycles. The molecule has 0 radical (unpaired) electrons. The van der Waals surface area contributed by atoms with E-state index in [4.69, 9.17) is 16.3 Å². The molecule has 1 aliphatic heterocycles. The van der Waals surface area contributed by atoms with Gasteiger partial charge in [0.15, 0.2) is 0 Å². The van der Waals surface area contributed by atoms with Gasteiger partial charge in [-0.1, -0.05) is 23.7 Å². The molecule has 2 amide bonds. The number of amides is 2. The summed E-state index contributed by atoms with van der Waals surface area (Å²) in [5, 5.41) is 2.68. The number of esters is 1. The molecule has 0 spiro atoms. The van der Waals surface area contributed by atoms with Gasteiger partial charge in [-0.15, -0.1) is 0 Å². The molecule has 0 unspecified atom stereocenters. The van der Waals surface area contributed by atoms with Gasteiger partial charge in [0.05, 0.1) is 17.9 Å². The first-order chi connectivity index (χ1) is 12.9. The van der Waals surface area contributed by atoms with Gasteiger partial charge in [0, 0.05) is 5.69 Å². The molecular formula is C20H17ClN2O4. The van der Waals surface area contributed by atoms with E-state index in [9.17, 15) is 14.4 Å². The van der Waals surface area contributed by atoms with E-state index in [0.29, 0.717) is 16.9 Å². The Bertz CT molecular complexity index is 951. The smallest absolute Gasteiger partial charge is 0.338 e. The van der Waals surface area contributed by atoms with Crippen LogP contribution in [-0.4, -0.2) is 24.4 Å². The number of nitrogens with one attached hydrogen (secondary N) is 1. The molecule has 1 N–H and O–H groups in total. The molecule has 0 bridgehead atoms. The minimum Gasteiger partial charge on any atom is -0.462 e. The van der Waals surface area contributed by atoms with E-state index in [1.807, 2.05) is 13.0 Å². The fourth-order valence-electron chi connectivity index (χ4n) is 2.66. The van der Waals surface area contributed by atoms with Gasteiger partial charge in [0.1, 0.15) is 10.7 Å². The van der Waals surface area contributed by atoms with Gasteiger partial charge in [-0.3, -0.25) is 9.59 Å². The number of anilines is 2. The molecule has 0 aliphatic carbocycles. The van der Waals surface area contributed by atoms with Crippen molar-refractivity contribution in [2.75, 3.05) is 16.8 Å². The van der Waals surface area contributed by atoms with Crippen molar-refractivity contribution in [1.82, 2.24) is 0 Å². The van der Waals surface area contributed by atoms with E-state index in [0.717, 1.165) is 10.5 Å². The lowest BCUT2D eigenvalue weighted by atomic mass is 10.2. The van der Waals surface area contributed by atoms with Crippen LogP contribution in [0.15, 0.2) is 59.3 Å². The lowest BCUT2D eigenvalue weighted by Crippen LogP contribution is -2.32. The summed E-state index contributed by atoms with van der Waals surface area (Å²) in [5.74, 6) is -1.55. The van der Waals surface area contributed by atoms with Crippen LogP contribution >= 0.6 is 11.6 Å². The van der Waals surface area contributed by atoms with Crippen LogP contribution in [0, 0.1) is 6.92 Å². The van der Waals surface area contributed by atoms with Crippen molar-refractivity contribution in [1.29, 1.82) is 0 Å². The van der Waals surface area contributed by atoms with Gasteiger partial charge < -0.3 is 10.1 Å². The molecule has 0 atom stereocenters.